The zero-order chi connectivity index (χ0) is 12.1. The largest absolute Gasteiger partial charge is 0.479 e. The van der Waals surface area contributed by atoms with E-state index in [-0.39, 0.29) is 17.7 Å². The summed E-state index contributed by atoms with van der Waals surface area (Å²) in [5, 5.41) is 8.74. The van der Waals surface area contributed by atoms with Crippen molar-refractivity contribution in [3.8, 4) is 5.75 Å². The van der Waals surface area contributed by atoms with E-state index in [1.165, 1.54) is 6.07 Å². The Bertz CT molecular complexity index is 403. The standard InChI is InChI=1S/C11H11FO4/c1-2-10(11(14)15)16-9-4-7(6-13)3-8(12)5-9/h3-6,10H,2H2,1H3,(H,14,15). The molecule has 0 saturated heterocycles. The van der Waals surface area contributed by atoms with Crippen molar-refractivity contribution in [3.63, 3.8) is 0 Å². The van der Waals surface area contributed by atoms with Crippen LogP contribution in [0.4, 0.5) is 4.39 Å². The second-order valence-corrected chi connectivity index (χ2v) is 3.19. The number of hydrogen-bond acceptors (Lipinski definition) is 3. The van der Waals surface area contributed by atoms with Crippen LogP contribution in [0.15, 0.2) is 18.2 Å². The molecule has 0 radical (unpaired) electrons. The van der Waals surface area contributed by atoms with E-state index in [2.05, 4.69) is 0 Å². The van der Waals surface area contributed by atoms with Gasteiger partial charge in [0.15, 0.2) is 6.10 Å². The zero-order valence-corrected chi connectivity index (χ0v) is 8.64. The van der Waals surface area contributed by atoms with E-state index < -0.39 is 17.9 Å². The predicted molar refractivity (Wildman–Crippen MR) is 54.1 cm³/mol. The van der Waals surface area contributed by atoms with Gasteiger partial charge in [0.25, 0.3) is 0 Å². The molecule has 1 aromatic carbocycles. The molecule has 5 heteroatoms. The third-order valence-electron chi connectivity index (χ3n) is 1.95. The molecule has 0 fully saturated rings. The van der Waals surface area contributed by atoms with Crippen molar-refractivity contribution < 1.29 is 23.8 Å². The molecule has 0 bridgehead atoms. The lowest BCUT2D eigenvalue weighted by Gasteiger charge is -2.13. The number of hydrogen-bond donors (Lipinski definition) is 1. The van der Waals surface area contributed by atoms with Crippen molar-refractivity contribution in [2.24, 2.45) is 0 Å². The van der Waals surface area contributed by atoms with E-state index in [1.54, 1.807) is 6.92 Å². The lowest BCUT2D eigenvalue weighted by molar-refractivity contribution is -0.145. The van der Waals surface area contributed by atoms with Gasteiger partial charge in [-0.05, 0) is 18.6 Å². The molecule has 1 aromatic rings. The highest BCUT2D eigenvalue weighted by atomic mass is 19.1. The van der Waals surface area contributed by atoms with Crippen molar-refractivity contribution in [2.75, 3.05) is 0 Å². The summed E-state index contributed by atoms with van der Waals surface area (Å²) >= 11 is 0. The summed E-state index contributed by atoms with van der Waals surface area (Å²) in [6, 6.07) is 3.38. The molecule has 1 unspecified atom stereocenters. The number of carbonyl (C=O) groups excluding carboxylic acids is 1. The zero-order valence-electron chi connectivity index (χ0n) is 8.64. The smallest absolute Gasteiger partial charge is 0.344 e. The third-order valence-corrected chi connectivity index (χ3v) is 1.95. The van der Waals surface area contributed by atoms with Crippen LogP contribution in [0, 0.1) is 5.82 Å². The molecule has 0 aliphatic heterocycles. The number of carboxylic acids is 1. The molecule has 0 spiro atoms. The lowest BCUT2D eigenvalue weighted by atomic mass is 10.2. The molecule has 1 rings (SSSR count). The monoisotopic (exact) mass is 226 g/mol. The highest BCUT2D eigenvalue weighted by Gasteiger charge is 2.17. The summed E-state index contributed by atoms with van der Waals surface area (Å²) in [5.41, 5.74) is 0.107. The summed E-state index contributed by atoms with van der Waals surface area (Å²) < 4.78 is 18.0. The second-order valence-electron chi connectivity index (χ2n) is 3.19. The summed E-state index contributed by atoms with van der Waals surface area (Å²) in [6.07, 6.45) is -0.318. The Kier molecular flexibility index (Phi) is 3.99. The number of ether oxygens (including phenoxy) is 1. The molecule has 0 heterocycles. The first-order chi connectivity index (χ1) is 7.56. The molecule has 0 aliphatic rings. The van der Waals surface area contributed by atoms with Crippen LogP contribution in [0.25, 0.3) is 0 Å². The fourth-order valence-electron chi connectivity index (χ4n) is 1.19. The summed E-state index contributed by atoms with van der Waals surface area (Å²) in [6.45, 7) is 1.64. The molecule has 86 valence electrons. The van der Waals surface area contributed by atoms with E-state index in [0.717, 1.165) is 12.1 Å². The van der Waals surface area contributed by atoms with Crippen LogP contribution in [0.3, 0.4) is 0 Å². The molecular formula is C11H11FO4. The van der Waals surface area contributed by atoms with Crippen molar-refractivity contribution in [3.05, 3.63) is 29.6 Å². The topological polar surface area (TPSA) is 63.6 Å². The van der Waals surface area contributed by atoms with Crippen molar-refractivity contribution in [2.45, 2.75) is 19.4 Å². The van der Waals surface area contributed by atoms with E-state index in [9.17, 15) is 14.0 Å². The van der Waals surface area contributed by atoms with Gasteiger partial charge in [-0.25, -0.2) is 9.18 Å². The SMILES string of the molecule is CCC(Oc1cc(F)cc(C=O)c1)C(=O)O. The minimum atomic E-state index is -1.13. The number of benzene rings is 1. The highest BCUT2D eigenvalue weighted by Crippen LogP contribution is 2.17. The van der Waals surface area contributed by atoms with Crippen LogP contribution in [-0.4, -0.2) is 23.5 Å². The number of carbonyl (C=O) groups is 2. The Hall–Kier alpha value is -1.91. The molecule has 0 aliphatic carbocycles. The number of aliphatic carboxylic acids is 1. The van der Waals surface area contributed by atoms with Gasteiger partial charge in [-0.1, -0.05) is 6.92 Å². The molecular weight excluding hydrogens is 215 g/mol. The fraction of sp³-hybridized carbons (Fsp3) is 0.273. The number of rotatable bonds is 5. The molecule has 1 N–H and O–H groups in total. The number of aldehydes is 1. The van der Waals surface area contributed by atoms with Gasteiger partial charge >= 0.3 is 5.97 Å². The highest BCUT2D eigenvalue weighted by molar-refractivity contribution is 5.76. The third kappa shape index (κ3) is 3.05. The van der Waals surface area contributed by atoms with Gasteiger partial charge < -0.3 is 9.84 Å². The first kappa shape index (κ1) is 12.2. The van der Waals surface area contributed by atoms with Crippen LogP contribution in [-0.2, 0) is 4.79 Å². The molecule has 0 aromatic heterocycles. The molecule has 1 atom stereocenters. The molecule has 0 saturated carbocycles. The van der Waals surface area contributed by atoms with E-state index in [4.69, 9.17) is 9.84 Å². The summed E-state index contributed by atoms with van der Waals surface area (Å²) in [4.78, 5) is 21.1. The Morgan fingerprint density at radius 3 is 2.75 bits per heavy atom. The minimum absolute atomic E-state index is 0.0383. The van der Waals surface area contributed by atoms with E-state index >= 15 is 0 Å². The van der Waals surface area contributed by atoms with Crippen LogP contribution < -0.4 is 4.74 Å². The number of halogens is 1. The summed E-state index contributed by atoms with van der Waals surface area (Å²) in [5.74, 6) is -1.73. The van der Waals surface area contributed by atoms with Gasteiger partial charge in [0.2, 0.25) is 0 Å². The Morgan fingerprint density at radius 1 is 1.56 bits per heavy atom. The van der Waals surface area contributed by atoms with E-state index in [0.29, 0.717) is 6.29 Å². The van der Waals surface area contributed by atoms with Gasteiger partial charge in [-0.2, -0.15) is 0 Å². The van der Waals surface area contributed by atoms with E-state index in [1.807, 2.05) is 0 Å². The predicted octanol–water partition coefficient (Wildman–Crippen LogP) is 1.88. The number of carboxylic acid groups (broad SMARTS) is 1. The van der Waals surface area contributed by atoms with Crippen molar-refractivity contribution in [1.29, 1.82) is 0 Å². The average Bonchev–Trinajstić information content (AvgIpc) is 2.24. The van der Waals surface area contributed by atoms with Gasteiger partial charge in [0.1, 0.15) is 17.9 Å². The Balaban J connectivity index is 2.91. The Morgan fingerprint density at radius 2 is 2.25 bits per heavy atom. The fourth-order valence-corrected chi connectivity index (χ4v) is 1.19. The maximum atomic E-state index is 13.0. The molecule has 16 heavy (non-hydrogen) atoms. The van der Waals surface area contributed by atoms with Gasteiger partial charge in [0.05, 0.1) is 0 Å². The minimum Gasteiger partial charge on any atom is -0.479 e. The maximum Gasteiger partial charge on any atom is 0.344 e. The first-order valence-electron chi connectivity index (χ1n) is 4.72. The molecule has 4 nitrogen and oxygen atoms in total. The Labute approximate surface area is 91.7 Å². The quantitative estimate of drug-likeness (QED) is 0.778. The summed E-state index contributed by atoms with van der Waals surface area (Å²) in [7, 11) is 0. The first-order valence-corrected chi connectivity index (χ1v) is 4.72. The van der Waals surface area contributed by atoms with Gasteiger partial charge in [-0.15, -0.1) is 0 Å². The van der Waals surface area contributed by atoms with Gasteiger partial charge in [-0.3, -0.25) is 4.79 Å². The lowest BCUT2D eigenvalue weighted by Crippen LogP contribution is -2.26. The normalized spacial score (nSPS) is 11.9. The van der Waals surface area contributed by atoms with Crippen LogP contribution >= 0.6 is 0 Å². The van der Waals surface area contributed by atoms with Crippen LogP contribution in [0.5, 0.6) is 5.75 Å². The van der Waals surface area contributed by atoms with Gasteiger partial charge in [0, 0.05) is 11.6 Å². The van der Waals surface area contributed by atoms with Crippen LogP contribution in [0.1, 0.15) is 23.7 Å². The average molecular weight is 226 g/mol. The van der Waals surface area contributed by atoms with Crippen molar-refractivity contribution >= 4 is 12.3 Å². The van der Waals surface area contributed by atoms with Crippen LogP contribution in [0.2, 0.25) is 0 Å². The van der Waals surface area contributed by atoms with Crippen molar-refractivity contribution in [1.82, 2.24) is 0 Å². The molecule has 0 amide bonds. The second kappa shape index (κ2) is 5.25. The maximum absolute atomic E-state index is 13.0.